The van der Waals surface area contributed by atoms with Gasteiger partial charge in [0, 0.05) is 30.4 Å². The second-order valence-corrected chi connectivity index (χ2v) is 7.80. The molecular formula is C22H21N5O5S. The lowest BCUT2D eigenvalue weighted by Crippen LogP contribution is -2.16. The maximum absolute atomic E-state index is 11.2. The second-order valence-electron chi connectivity index (χ2n) is 7.44. The number of methoxy groups -OCH3 is 2. The van der Waals surface area contributed by atoms with E-state index in [-0.39, 0.29) is 17.4 Å². The summed E-state index contributed by atoms with van der Waals surface area (Å²) >= 11 is 5.75. The lowest BCUT2D eigenvalue weighted by molar-refractivity contribution is -0.384. The van der Waals surface area contributed by atoms with Crippen LogP contribution < -0.4 is 9.47 Å². The number of hydrogen-bond acceptors (Lipinski definition) is 8. The van der Waals surface area contributed by atoms with E-state index in [1.165, 1.54) is 22.9 Å². The molecule has 1 saturated heterocycles. The van der Waals surface area contributed by atoms with Crippen molar-refractivity contribution in [2.75, 3.05) is 20.8 Å². The number of aromatic nitrogens is 3. The van der Waals surface area contributed by atoms with Gasteiger partial charge in [-0.15, -0.1) is 5.10 Å². The molecule has 0 radical (unpaired) electrons. The minimum Gasteiger partial charge on any atom is -0.497 e. The molecule has 0 amide bonds. The molecule has 1 unspecified atom stereocenters. The SMILES string of the molecule is COc1cc(OC)cc(-c2nn(-c3ccc([N+](=O)[O-])cc3C#N)c(=S)n2CC2CCCO2)c1. The average molecular weight is 468 g/mol. The summed E-state index contributed by atoms with van der Waals surface area (Å²) in [6, 6.07) is 11.4. The Labute approximate surface area is 194 Å². The highest BCUT2D eigenvalue weighted by atomic mass is 32.1. The monoisotopic (exact) mass is 467 g/mol. The molecule has 33 heavy (non-hydrogen) atoms. The number of nitro groups is 1. The quantitative estimate of drug-likeness (QED) is 0.290. The third kappa shape index (κ3) is 4.44. The van der Waals surface area contributed by atoms with E-state index >= 15 is 0 Å². The van der Waals surface area contributed by atoms with E-state index in [0.29, 0.717) is 46.5 Å². The Morgan fingerprint density at radius 1 is 1.27 bits per heavy atom. The number of ether oxygens (including phenoxy) is 3. The maximum Gasteiger partial charge on any atom is 0.270 e. The third-order valence-corrected chi connectivity index (χ3v) is 5.82. The van der Waals surface area contributed by atoms with Crippen LogP contribution in [0, 0.1) is 26.2 Å². The molecule has 1 aromatic heterocycles. The van der Waals surface area contributed by atoms with Crippen LogP contribution in [0.15, 0.2) is 36.4 Å². The molecule has 0 saturated carbocycles. The average Bonchev–Trinajstić information content (AvgIpc) is 3.46. The first kappa shape index (κ1) is 22.4. The van der Waals surface area contributed by atoms with E-state index in [4.69, 9.17) is 31.5 Å². The van der Waals surface area contributed by atoms with Gasteiger partial charge in [-0.1, -0.05) is 0 Å². The van der Waals surface area contributed by atoms with E-state index in [9.17, 15) is 15.4 Å². The van der Waals surface area contributed by atoms with Crippen molar-refractivity contribution in [2.45, 2.75) is 25.5 Å². The fourth-order valence-electron chi connectivity index (χ4n) is 3.77. The molecule has 1 aliphatic rings. The molecule has 2 aromatic carbocycles. The van der Waals surface area contributed by atoms with E-state index in [2.05, 4.69) is 0 Å². The van der Waals surface area contributed by atoms with Gasteiger partial charge in [-0.3, -0.25) is 14.7 Å². The van der Waals surface area contributed by atoms with Crippen LogP contribution in [0.2, 0.25) is 0 Å². The molecular weight excluding hydrogens is 446 g/mol. The van der Waals surface area contributed by atoms with Gasteiger partial charge in [-0.25, -0.2) is 4.68 Å². The van der Waals surface area contributed by atoms with Gasteiger partial charge < -0.3 is 14.2 Å². The summed E-state index contributed by atoms with van der Waals surface area (Å²) in [5.41, 5.74) is 0.972. The van der Waals surface area contributed by atoms with Gasteiger partial charge in [0.1, 0.15) is 17.6 Å². The maximum atomic E-state index is 11.2. The first-order valence-electron chi connectivity index (χ1n) is 10.2. The van der Waals surface area contributed by atoms with Crippen LogP contribution in [0.3, 0.4) is 0 Å². The summed E-state index contributed by atoms with van der Waals surface area (Å²) in [5, 5.41) is 25.5. The fraction of sp³-hybridized carbons (Fsp3) is 0.318. The predicted molar refractivity (Wildman–Crippen MR) is 121 cm³/mol. The number of non-ortho nitro benzene ring substituents is 1. The van der Waals surface area contributed by atoms with Crippen molar-refractivity contribution in [2.24, 2.45) is 0 Å². The van der Waals surface area contributed by atoms with E-state index in [0.717, 1.165) is 12.8 Å². The predicted octanol–water partition coefficient (Wildman–Crippen LogP) is 4.05. The Hall–Kier alpha value is -3.75. The van der Waals surface area contributed by atoms with Crippen molar-refractivity contribution < 1.29 is 19.1 Å². The molecule has 1 fully saturated rings. The number of nitriles is 1. The van der Waals surface area contributed by atoms with Crippen LogP contribution >= 0.6 is 12.2 Å². The number of nitro benzene ring substituents is 1. The molecule has 2 heterocycles. The van der Waals surface area contributed by atoms with Gasteiger partial charge in [0.2, 0.25) is 4.77 Å². The van der Waals surface area contributed by atoms with Crippen LogP contribution in [0.4, 0.5) is 5.69 Å². The fourth-order valence-corrected chi connectivity index (χ4v) is 4.07. The molecule has 1 aliphatic heterocycles. The van der Waals surface area contributed by atoms with E-state index < -0.39 is 4.92 Å². The van der Waals surface area contributed by atoms with Crippen molar-refractivity contribution in [3.63, 3.8) is 0 Å². The van der Waals surface area contributed by atoms with Gasteiger partial charge in [0.25, 0.3) is 5.69 Å². The standard InChI is InChI=1S/C22H21N5O5S/c1-30-18-9-14(10-19(11-18)31-2)21-24-26(22(33)25(21)13-17-4-3-7-32-17)20-6-5-16(27(28)29)8-15(20)12-23/h5-6,8-11,17H,3-4,7,13H2,1-2H3. The largest absolute Gasteiger partial charge is 0.497 e. The lowest BCUT2D eigenvalue weighted by atomic mass is 10.1. The number of nitrogens with zero attached hydrogens (tertiary/aromatic N) is 5. The highest BCUT2D eigenvalue weighted by molar-refractivity contribution is 7.71. The number of rotatable bonds is 7. The Morgan fingerprint density at radius 3 is 2.58 bits per heavy atom. The highest BCUT2D eigenvalue weighted by Crippen LogP contribution is 2.31. The van der Waals surface area contributed by atoms with Crippen molar-refractivity contribution >= 4 is 17.9 Å². The summed E-state index contributed by atoms with van der Waals surface area (Å²) < 4.78 is 20.3. The molecule has 4 rings (SSSR count). The van der Waals surface area contributed by atoms with Crippen molar-refractivity contribution in [1.82, 2.24) is 14.3 Å². The molecule has 1 atom stereocenters. The zero-order valence-electron chi connectivity index (χ0n) is 18.1. The van der Waals surface area contributed by atoms with E-state index in [1.54, 1.807) is 20.3 Å². The van der Waals surface area contributed by atoms with Gasteiger partial charge in [-0.2, -0.15) is 5.26 Å². The highest BCUT2D eigenvalue weighted by Gasteiger charge is 2.23. The van der Waals surface area contributed by atoms with Gasteiger partial charge >= 0.3 is 0 Å². The molecule has 11 heteroatoms. The summed E-state index contributed by atoms with van der Waals surface area (Å²) in [4.78, 5) is 10.6. The first-order valence-corrected chi connectivity index (χ1v) is 10.6. The number of hydrogen-bond donors (Lipinski definition) is 0. The van der Waals surface area contributed by atoms with Crippen LogP contribution in [-0.4, -0.2) is 46.2 Å². The lowest BCUT2D eigenvalue weighted by Gasteiger charge is -2.13. The molecule has 170 valence electrons. The topological polar surface area (TPSA) is 117 Å². The number of benzene rings is 2. The summed E-state index contributed by atoms with van der Waals surface area (Å²) in [6.07, 6.45) is 1.84. The van der Waals surface area contributed by atoms with Crippen LogP contribution in [0.25, 0.3) is 17.1 Å². The second kappa shape index (κ2) is 9.40. The molecule has 0 spiro atoms. The third-order valence-electron chi connectivity index (χ3n) is 5.42. The smallest absolute Gasteiger partial charge is 0.270 e. The summed E-state index contributed by atoms with van der Waals surface area (Å²) in [6.45, 7) is 1.16. The normalized spacial score (nSPS) is 15.2. The van der Waals surface area contributed by atoms with Gasteiger partial charge in [0.05, 0.1) is 43.0 Å². The zero-order chi connectivity index (χ0) is 23.5. The zero-order valence-corrected chi connectivity index (χ0v) is 18.9. The Kier molecular flexibility index (Phi) is 6.39. The Balaban J connectivity index is 1.91. The van der Waals surface area contributed by atoms with Crippen LogP contribution in [-0.2, 0) is 11.3 Å². The van der Waals surface area contributed by atoms with Crippen LogP contribution in [0.5, 0.6) is 11.5 Å². The molecule has 3 aromatic rings. The molecule has 0 N–H and O–H groups in total. The Bertz CT molecular complexity index is 1280. The molecule has 0 bridgehead atoms. The van der Waals surface area contributed by atoms with Crippen molar-refractivity contribution in [3.8, 4) is 34.6 Å². The summed E-state index contributed by atoms with van der Waals surface area (Å²) in [7, 11) is 3.12. The van der Waals surface area contributed by atoms with Gasteiger partial charge in [0.15, 0.2) is 5.82 Å². The van der Waals surface area contributed by atoms with Crippen molar-refractivity contribution in [3.05, 3.63) is 56.8 Å². The first-order chi connectivity index (χ1) is 15.9. The van der Waals surface area contributed by atoms with E-state index in [1.807, 2.05) is 22.8 Å². The minimum absolute atomic E-state index is 0.0205. The Morgan fingerprint density at radius 2 is 2.00 bits per heavy atom. The minimum atomic E-state index is -0.548. The van der Waals surface area contributed by atoms with Crippen molar-refractivity contribution in [1.29, 1.82) is 5.26 Å². The molecule has 10 nitrogen and oxygen atoms in total. The molecule has 0 aliphatic carbocycles. The van der Waals surface area contributed by atoms with Crippen LogP contribution in [0.1, 0.15) is 18.4 Å². The summed E-state index contributed by atoms with van der Waals surface area (Å²) in [5.74, 6) is 1.71. The van der Waals surface area contributed by atoms with Gasteiger partial charge in [-0.05, 0) is 43.3 Å².